The van der Waals surface area contributed by atoms with Crippen LogP contribution in [0.15, 0.2) is 6.33 Å². The molecule has 0 fully saturated rings. The zero-order valence-corrected chi connectivity index (χ0v) is 9.66. The summed E-state index contributed by atoms with van der Waals surface area (Å²) in [5.74, 6) is 0.00326. The number of alkyl halides is 1. The molecule has 0 aromatic carbocycles. The van der Waals surface area contributed by atoms with Gasteiger partial charge in [0, 0.05) is 20.0 Å². The third-order valence-corrected chi connectivity index (χ3v) is 2.94. The highest BCUT2D eigenvalue weighted by Crippen LogP contribution is 2.18. The standard InChI is InChI=1S/C10H14ClN3O/c1-7(11)10(15)14-4-3-8-9(5-14)13(2)6-12-8/h6-7H,3-5H2,1-2H3. The van der Waals surface area contributed by atoms with Crippen LogP contribution in [0.4, 0.5) is 0 Å². The molecule has 1 atom stereocenters. The summed E-state index contributed by atoms with van der Waals surface area (Å²) in [6.45, 7) is 3.06. The second kappa shape index (κ2) is 3.85. The summed E-state index contributed by atoms with van der Waals surface area (Å²) in [6.07, 6.45) is 2.62. The first kappa shape index (κ1) is 10.5. The third kappa shape index (κ3) is 1.86. The minimum Gasteiger partial charge on any atom is -0.336 e. The maximum Gasteiger partial charge on any atom is 0.240 e. The lowest BCUT2D eigenvalue weighted by molar-refractivity contribution is -0.131. The van der Waals surface area contributed by atoms with E-state index in [-0.39, 0.29) is 5.91 Å². The van der Waals surface area contributed by atoms with Crippen LogP contribution in [-0.2, 0) is 24.8 Å². The number of fused-ring (bicyclic) bond motifs is 1. The van der Waals surface area contributed by atoms with Gasteiger partial charge in [-0.25, -0.2) is 4.98 Å². The van der Waals surface area contributed by atoms with E-state index in [1.54, 1.807) is 18.2 Å². The Bertz CT molecular complexity index is 386. The molecule has 0 spiro atoms. The Kier molecular flexibility index (Phi) is 2.69. The van der Waals surface area contributed by atoms with Gasteiger partial charge in [-0.1, -0.05) is 0 Å². The molecular formula is C10H14ClN3O. The Morgan fingerprint density at radius 3 is 3.07 bits per heavy atom. The molecule has 1 aliphatic rings. The number of hydrogen-bond acceptors (Lipinski definition) is 2. The van der Waals surface area contributed by atoms with E-state index in [4.69, 9.17) is 11.6 Å². The summed E-state index contributed by atoms with van der Waals surface area (Å²) < 4.78 is 1.97. The van der Waals surface area contributed by atoms with Crippen LogP contribution in [0, 0.1) is 0 Å². The average Bonchev–Trinajstić information content (AvgIpc) is 2.59. The van der Waals surface area contributed by atoms with E-state index in [0.29, 0.717) is 6.54 Å². The van der Waals surface area contributed by atoms with E-state index < -0.39 is 5.38 Å². The third-order valence-electron chi connectivity index (χ3n) is 2.76. The van der Waals surface area contributed by atoms with E-state index >= 15 is 0 Å². The van der Waals surface area contributed by atoms with Crippen LogP contribution in [-0.4, -0.2) is 32.3 Å². The number of nitrogens with zero attached hydrogens (tertiary/aromatic N) is 3. The van der Waals surface area contributed by atoms with E-state index in [0.717, 1.165) is 24.4 Å². The summed E-state index contributed by atoms with van der Waals surface area (Å²) in [7, 11) is 1.95. The molecule has 1 unspecified atom stereocenters. The molecule has 2 heterocycles. The van der Waals surface area contributed by atoms with Crippen molar-refractivity contribution in [1.29, 1.82) is 0 Å². The number of carbonyl (C=O) groups excluding carboxylic acids is 1. The fraction of sp³-hybridized carbons (Fsp3) is 0.600. The normalized spacial score (nSPS) is 17.4. The molecule has 0 saturated heterocycles. The molecule has 1 aliphatic heterocycles. The van der Waals surface area contributed by atoms with Crippen LogP contribution in [0.1, 0.15) is 18.3 Å². The summed E-state index contributed by atoms with van der Waals surface area (Å²) in [5, 5.41) is -0.445. The van der Waals surface area contributed by atoms with Gasteiger partial charge in [0.25, 0.3) is 0 Å². The van der Waals surface area contributed by atoms with Crippen molar-refractivity contribution in [3.63, 3.8) is 0 Å². The summed E-state index contributed by atoms with van der Waals surface area (Å²) in [6, 6.07) is 0. The van der Waals surface area contributed by atoms with Crippen molar-refractivity contribution in [3.05, 3.63) is 17.7 Å². The van der Waals surface area contributed by atoms with E-state index in [1.807, 2.05) is 11.6 Å². The zero-order chi connectivity index (χ0) is 11.0. The van der Waals surface area contributed by atoms with Crippen molar-refractivity contribution >= 4 is 17.5 Å². The van der Waals surface area contributed by atoms with E-state index in [2.05, 4.69) is 4.98 Å². The molecule has 1 aromatic heterocycles. The van der Waals surface area contributed by atoms with Gasteiger partial charge in [0.05, 0.1) is 24.3 Å². The minimum atomic E-state index is -0.445. The highest BCUT2D eigenvalue weighted by molar-refractivity contribution is 6.30. The fourth-order valence-corrected chi connectivity index (χ4v) is 1.99. The molecule has 0 N–H and O–H groups in total. The fourth-order valence-electron chi connectivity index (χ4n) is 1.86. The van der Waals surface area contributed by atoms with Crippen LogP contribution >= 0.6 is 11.6 Å². The second-order valence-electron chi connectivity index (χ2n) is 3.87. The zero-order valence-electron chi connectivity index (χ0n) is 8.90. The highest BCUT2D eigenvalue weighted by Gasteiger charge is 2.25. The molecule has 1 aromatic rings. The number of halogens is 1. The van der Waals surface area contributed by atoms with Crippen molar-refractivity contribution in [3.8, 4) is 0 Å². The smallest absolute Gasteiger partial charge is 0.240 e. The lowest BCUT2D eigenvalue weighted by Gasteiger charge is -2.28. The van der Waals surface area contributed by atoms with Crippen LogP contribution in [0.2, 0.25) is 0 Å². The maximum absolute atomic E-state index is 11.7. The number of hydrogen-bond donors (Lipinski definition) is 0. The Labute approximate surface area is 93.8 Å². The molecule has 0 saturated carbocycles. The van der Waals surface area contributed by atoms with Gasteiger partial charge in [0.1, 0.15) is 5.38 Å². The first-order chi connectivity index (χ1) is 7.09. The first-order valence-electron chi connectivity index (χ1n) is 5.01. The molecule has 5 heteroatoms. The molecule has 0 aliphatic carbocycles. The van der Waals surface area contributed by atoms with Crippen molar-refractivity contribution in [2.24, 2.45) is 7.05 Å². The van der Waals surface area contributed by atoms with E-state index in [1.165, 1.54) is 0 Å². The predicted octanol–water partition coefficient (Wildman–Crippen LogP) is 0.932. The van der Waals surface area contributed by atoms with Crippen molar-refractivity contribution in [1.82, 2.24) is 14.5 Å². The number of aromatic nitrogens is 2. The summed E-state index contributed by atoms with van der Waals surface area (Å²) in [4.78, 5) is 17.8. The van der Waals surface area contributed by atoms with Gasteiger partial charge in [-0.05, 0) is 6.92 Å². The summed E-state index contributed by atoms with van der Waals surface area (Å²) in [5.41, 5.74) is 2.22. The molecule has 0 radical (unpaired) electrons. The number of aryl methyl sites for hydroxylation is 1. The van der Waals surface area contributed by atoms with E-state index in [9.17, 15) is 4.79 Å². The highest BCUT2D eigenvalue weighted by atomic mass is 35.5. The number of carbonyl (C=O) groups is 1. The van der Waals surface area contributed by atoms with Crippen LogP contribution < -0.4 is 0 Å². The maximum atomic E-state index is 11.7. The van der Waals surface area contributed by atoms with Crippen molar-refractivity contribution in [2.45, 2.75) is 25.3 Å². The lowest BCUT2D eigenvalue weighted by atomic mass is 10.1. The van der Waals surface area contributed by atoms with Crippen LogP contribution in [0.25, 0.3) is 0 Å². The minimum absolute atomic E-state index is 0.00326. The topological polar surface area (TPSA) is 38.1 Å². The Hall–Kier alpha value is -1.03. The Morgan fingerprint density at radius 1 is 1.67 bits per heavy atom. The number of imidazole rings is 1. The van der Waals surface area contributed by atoms with Gasteiger partial charge < -0.3 is 9.47 Å². The Balaban J connectivity index is 2.18. The molecule has 0 bridgehead atoms. The molecule has 15 heavy (non-hydrogen) atoms. The molecule has 4 nitrogen and oxygen atoms in total. The van der Waals surface area contributed by atoms with Gasteiger partial charge in [0.2, 0.25) is 5.91 Å². The monoisotopic (exact) mass is 227 g/mol. The second-order valence-corrected chi connectivity index (χ2v) is 4.53. The largest absolute Gasteiger partial charge is 0.336 e. The molecule has 2 rings (SSSR count). The number of amides is 1. The van der Waals surface area contributed by atoms with Crippen LogP contribution in [0.3, 0.4) is 0 Å². The van der Waals surface area contributed by atoms with Crippen molar-refractivity contribution < 1.29 is 4.79 Å². The predicted molar refractivity (Wildman–Crippen MR) is 57.6 cm³/mol. The molecule has 1 amide bonds. The van der Waals surface area contributed by atoms with Gasteiger partial charge in [-0.2, -0.15) is 0 Å². The quantitative estimate of drug-likeness (QED) is 0.670. The lowest BCUT2D eigenvalue weighted by Crippen LogP contribution is -2.40. The Morgan fingerprint density at radius 2 is 2.40 bits per heavy atom. The number of rotatable bonds is 1. The van der Waals surface area contributed by atoms with Gasteiger partial charge in [-0.3, -0.25) is 4.79 Å². The van der Waals surface area contributed by atoms with Gasteiger partial charge in [-0.15, -0.1) is 11.6 Å². The SMILES string of the molecule is CC(Cl)C(=O)N1CCc2ncn(C)c2C1. The summed E-state index contributed by atoms with van der Waals surface area (Å²) >= 11 is 5.79. The average molecular weight is 228 g/mol. The van der Waals surface area contributed by atoms with Gasteiger partial charge >= 0.3 is 0 Å². The van der Waals surface area contributed by atoms with Gasteiger partial charge in [0.15, 0.2) is 0 Å². The molecular weight excluding hydrogens is 214 g/mol. The van der Waals surface area contributed by atoms with Crippen LogP contribution in [0.5, 0.6) is 0 Å². The first-order valence-corrected chi connectivity index (χ1v) is 5.45. The molecule has 82 valence electrons. The van der Waals surface area contributed by atoms with Crippen molar-refractivity contribution in [2.75, 3.05) is 6.54 Å².